The summed E-state index contributed by atoms with van der Waals surface area (Å²) in [7, 11) is 3.13. The summed E-state index contributed by atoms with van der Waals surface area (Å²) < 4.78 is 10.4. The van der Waals surface area contributed by atoms with Gasteiger partial charge in [0.2, 0.25) is 0 Å². The maximum absolute atomic E-state index is 12.4. The van der Waals surface area contributed by atoms with Crippen LogP contribution in [-0.4, -0.2) is 32.7 Å². The molecule has 5 heteroatoms. The van der Waals surface area contributed by atoms with Crippen molar-refractivity contribution in [1.29, 1.82) is 0 Å². The molecular formula is C16H24N2O3. The van der Waals surface area contributed by atoms with Gasteiger partial charge in [-0.15, -0.1) is 0 Å². The van der Waals surface area contributed by atoms with E-state index in [1.54, 1.807) is 32.4 Å². The molecule has 1 saturated carbocycles. The third kappa shape index (κ3) is 3.88. The molecular weight excluding hydrogens is 268 g/mol. The Labute approximate surface area is 125 Å². The van der Waals surface area contributed by atoms with Crippen molar-refractivity contribution >= 4 is 5.91 Å². The van der Waals surface area contributed by atoms with Crippen LogP contribution in [0.5, 0.6) is 11.5 Å². The summed E-state index contributed by atoms with van der Waals surface area (Å²) in [5.41, 5.74) is 6.36. The first-order valence-electron chi connectivity index (χ1n) is 7.42. The lowest BCUT2D eigenvalue weighted by Gasteiger charge is -2.23. The first kappa shape index (κ1) is 15.6. The van der Waals surface area contributed by atoms with Gasteiger partial charge in [0, 0.05) is 24.2 Å². The highest BCUT2D eigenvalue weighted by Gasteiger charge is 2.25. The van der Waals surface area contributed by atoms with E-state index in [0.717, 1.165) is 12.8 Å². The molecule has 0 heterocycles. The average Bonchev–Trinajstić information content (AvgIpc) is 3.05. The Bertz CT molecular complexity index is 462. The molecule has 5 nitrogen and oxygen atoms in total. The Morgan fingerprint density at radius 1 is 1.24 bits per heavy atom. The fourth-order valence-electron chi connectivity index (χ4n) is 2.92. The van der Waals surface area contributed by atoms with Crippen LogP contribution in [0, 0.1) is 5.92 Å². The fraction of sp³-hybridized carbons (Fsp3) is 0.562. The van der Waals surface area contributed by atoms with E-state index < -0.39 is 0 Å². The number of methoxy groups -OCH3 is 2. The van der Waals surface area contributed by atoms with Crippen molar-refractivity contribution < 1.29 is 14.3 Å². The van der Waals surface area contributed by atoms with Crippen molar-refractivity contribution in [2.24, 2.45) is 11.7 Å². The van der Waals surface area contributed by atoms with Crippen molar-refractivity contribution in [3.05, 3.63) is 23.8 Å². The van der Waals surface area contributed by atoms with Gasteiger partial charge in [0.1, 0.15) is 11.5 Å². The van der Waals surface area contributed by atoms with Crippen molar-refractivity contribution in [2.45, 2.75) is 31.7 Å². The molecule has 1 fully saturated rings. The predicted molar refractivity (Wildman–Crippen MR) is 81.8 cm³/mol. The molecule has 1 amide bonds. The summed E-state index contributed by atoms with van der Waals surface area (Å²) in [5, 5.41) is 3.05. The smallest absolute Gasteiger partial charge is 0.251 e. The topological polar surface area (TPSA) is 73.6 Å². The van der Waals surface area contributed by atoms with E-state index in [2.05, 4.69) is 5.32 Å². The van der Waals surface area contributed by atoms with Crippen LogP contribution in [0.1, 0.15) is 36.0 Å². The van der Waals surface area contributed by atoms with E-state index in [0.29, 0.717) is 29.5 Å². The molecule has 0 aromatic heterocycles. The van der Waals surface area contributed by atoms with Crippen LogP contribution in [0.4, 0.5) is 0 Å². The zero-order valence-corrected chi connectivity index (χ0v) is 12.7. The van der Waals surface area contributed by atoms with Gasteiger partial charge in [0.25, 0.3) is 5.91 Å². The first-order valence-corrected chi connectivity index (χ1v) is 7.42. The van der Waals surface area contributed by atoms with Crippen LogP contribution in [0.3, 0.4) is 0 Å². The third-order valence-corrected chi connectivity index (χ3v) is 4.15. The Morgan fingerprint density at radius 3 is 2.29 bits per heavy atom. The number of rotatable bonds is 6. The lowest BCUT2D eigenvalue weighted by Crippen LogP contribution is -2.44. The second-order valence-corrected chi connectivity index (χ2v) is 5.46. The van der Waals surface area contributed by atoms with Gasteiger partial charge in [-0.25, -0.2) is 0 Å². The van der Waals surface area contributed by atoms with E-state index in [1.165, 1.54) is 12.8 Å². The molecule has 0 aliphatic heterocycles. The maximum Gasteiger partial charge on any atom is 0.251 e. The molecule has 1 aromatic rings. The molecule has 1 unspecified atom stereocenters. The minimum atomic E-state index is -0.130. The monoisotopic (exact) mass is 292 g/mol. The quantitative estimate of drug-likeness (QED) is 0.840. The number of carbonyl (C=O) groups is 1. The summed E-state index contributed by atoms with van der Waals surface area (Å²) >= 11 is 0. The number of carbonyl (C=O) groups excluding carboxylic acids is 1. The van der Waals surface area contributed by atoms with Crippen molar-refractivity contribution in [1.82, 2.24) is 5.32 Å². The van der Waals surface area contributed by atoms with E-state index in [9.17, 15) is 4.79 Å². The van der Waals surface area contributed by atoms with Gasteiger partial charge in [0.15, 0.2) is 0 Å². The van der Waals surface area contributed by atoms with E-state index >= 15 is 0 Å². The Morgan fingerprint density at radius 2 is 1.81 bits per heavy atom. The van der Waals surface area contributed by atoms with Gasteiger partial charge in [-0.1, -0.05) is 12.8 Å². The maximum atomic E-state index is 12.4. The Kier molecular flexibility index (Phi) is 5.44. The minimum Gasteiger partial charge on any atom is -0.497 e. The molecule has 3 N–H and O–H groups in total. The highest BCUT2D eigenvalue weighted by Crippen LogP contribution is 2.28. The molecule has 0 bridgehead atoms. The second kappa shape index (κ2) is 7.31. The van der Waals surface area contributed by atoms with Gasteiger partial charge in [-0.3, -0.25) is 4.79 Å². The standard InChI is InChI=1S/C16H24N2O3/c1-20-13-7-12(8-14(9-13)21-2)16(19)18-15(10-17)11-5-3-4-6-11/h7-9,11,15H,3-6,10,17H2,1-2H3,(H,18,19). The Balaban J connectivity index is 2.11. The zero-order chi connectivity index (χ0) is 15.2. The highest BCUT2D eigenvalue weighted by atomic mass is 16.5. The van der Waals surface area contributed by atoms with Crippen LogP contribution in [0.25, 0.3) is 0 Å². The SMILES string of the molecule is COc1cc(OC)cc(C(=O)NC(CN)C2CCCC2)c1. The molecule has 2 rings (SSSR count). The lowest BCUT2D eigenvalue weighted by molar-refractivity contribution is 0.0923. The summed E-state index contributed by atoms with van der Waals surface area (Å²) in [6, 6.07) is 5.20. The van der Waals surface area contributed by atoms with E-state index in [-0.39, 0.29) is 11.9 Å². The molecule has 0 spiro atoms. The fourth-order valence-corrected chi connectivity index (χ4v) is 2.92. The van der Waals surface area contributed by atoms with Crippen LogP contribution in [0.15, 0.2) is 18.2 Å². The molecule has 116 valence electrons. The minimum absolute atomic E-state index is 0.0391. The summed E-state index contributed by atoms with van der Waals surface area (Å²) in [6.07, 6.45) is 4.74. The lowest BCUT2D eigenvalue weighted by atomic mass is 9.98. The van der Waals surface area contributed by atoms with Gasteiger partial charge in [-0.2, -0.15) is 0 Å². The summed E-state index contributed by atoms with van der Waals surface area (Å²) in [4.78, 5) is 12.4. The van der Waals surface area contributed by atoms with E-state index in [4.69, 9.17) is 15.2 Å². The molecule has 0 saturated heterocycles. The third-order valence-electron chi connectivity index (χ3n) is 4.15. The van der Waals surface area contributed by atoms with Gasteiger partial charge in [0.05, 0.1) is 14.2 Å². The molecule has 1 aromatic carbocycles. The highest BCUT2D eigenvalue weighted by molar-refractivity contribution is 5.95. The number of amides is 1. The summed E-state index contributed by atoms with van der Waals surface area (Å²) in [5.74, 6) is 1.57. The molecule has 1 aliphatic carbocycles. The number of ether oxygens (including phenoxy) is 2. The van der Waals surface area contributed by atoms with Crippen LogP contribution >= 0.6 is 0 Å². The largest absolute Gasteiger partial charge is 0.497 e. The number of nitrogens with one attached hydrogen (secondary N) is 1. The molecule has 1 atom stereocenters. The van der Waals surface area contributed by atoms with Crippen LogP contribution < -0.4 is 20.5 Å². The van der Waals surface area contributed by atoms with Gasteiger partial charge >= 0.3 is 0 Å². The predicted octanol–water partition coefficient (Wildman–Crippen LogP) is 1.95. The van der Waals surface area contributed by atoms with Crippen LogP contribution in [-0.2, 0) is 0 Å². The normalized spacial score (nSPS) is 16.5. The number of hydrogen-bond donors (Lipinski definition) is 2. The van der Waals surface area contributed by atoms with E-state index in [1.807, 2.05) is 0 Å². The van der Waals surface area contributed by atoms with Crippen molar-refractivity contribution in [3.63, 3.8) is 0 Å². The van der Waals surface area contributed by atoms with Gasteiger partial charge < -0.3 is 20.5 Å². The Hall–Kier alpha value is -1.75. The summed E-state index contributed by atoms with van der Waals surface area (Å²) in [6.45, 7) is 0.470. The number of hydrogen-bond acceptors (Lipinski definition) is 4. The van der Waals surface area contributed by atoms with Crippen molar-refractivity contribution in [3.8, 4) is 11.5 Å². The molecule has 1 aliphatic rings. The molecule has 21 heavy (non-hydrogen) atoms. The second-order valence-electron chi connectivity index (χ2n) is 5.46. The van der Waals surface area contributed by atoms with Gasteiger partial charge in [-0.05, 0) is 30.9 Å². The number of benzene rings is 1. The number of nitrogens with two attached hydrogens (primary N) is 1. The molecule has 0 radical (unpaired) electrons. The van der Waals surface area contributed by atoms with Crippen molar-refractivity contribution in [2.75, 3.05) is 20.8 Å². The zero-order valence-electron chi connectivity index (χ0n) is 12.7. The first-order chi connectivity index (χ1) is 10.2. The van der Waals surface area contributed by atoms with Crippen LogP contribution in [0.2, 0.25) is 0 Å². The average molecular weight is 292 g/mol.